The van der Waals surface area contributed by atoms with Crippen molar-refractivity contribution in [3.8, 4) is 11.8 Å². The maximum atomic E-state index is 3.21. The van der Waals surface area contributed by atoms with Crippen LogP contribution in [0.15, 0.2) is 54.6 Å². The van der Waals surface area contributed by atoms with E-state index in [2.05, 4.69) is 93.1 Å². The molecule has 0 saturated heterocycles. The van der Waals surface area contributed by atoms with Crippen LogP contribution in [0.2, 0.25) is 0 Å². The molecule has 0 aliphatic heterocycles. The lowest BCUT2D eigenvalue weighted by Gasteiger charge is -2.19. The lowest BCUT2D eigenvalue weighted by Crippen LogP contribution is -2.16. The highest BCUT2D eigenvalue weighted by Gasteiger charge is 2.04. The number of hydrogen-bond donors (Lipinski definition) is 0. The molecule has 0 saturated carbocycles. The van der Waals surface area contributed by atoms with Crippen LogP contribution in [0.1, 0.15) is 20.8 Å². The molecule has 0 aliphatic carbocycles. The van der Waals surface area contributed by atoms with Crippen molar-refractivity contribution in [2.75, 3.05) is 18.5 Å². The zero-order valence-corrected chi connectivity index (χ0v) is 13.4. The summed E-state index contributed by atoms with van der Waals surface area (Å²) in [7, 11) is 2.11. The van der Waals surface area contributed by atoms with Crippen molar-refractivity contribution < 1.29 is 0 Å². The summed E-state index contributed by atoms with van der Waals surface area (Å²) in [5, 5.41) is 2.56. The van der Waals surface area contributed by atoms with Gasteiger partial charge in [0.2, 0.25) is 0 Å². The first kappa shape index (κ1) is 15.2. The second kappa shape index (κ2) is 6.50. The second-order valence-electron chi connectivity index (χ2n) is 6.30. The second-order valence-corrected chi connectivity index (χ2v) is 6.30. The van der Waals surface area contributed by atoms with Gasteiger partial charge in [-0.15, -0.1) is 0 Å². The van der Waals surface area contributed by atoms with Gasteiger partial charge in [0, 0.05) is 30.1 Å². The molecule has 1 nitrogen and oxygen atoms in total. The molecule has 0 unspecified atom stereocenters. The van der Waals surface area contributed by atoms with Crippen molar-refractivity contribution in [3.63, 3.8) is 0 Å². The Hall–Kier alpha value is -2.20. The summed E-state index contributed by atoms with van der Waals surface area (Å²) < 4.78 is 0. The van der Waals surface area contributed by atoms with Crippen molar-refractivity contribution in [2.45, 2.75) is 20.8 Å². The summed E-state index contributed by atoms with van der Waals surface area (Å²) in [5.74, 6) is 6.32. The van der Waals surface area contributed by atoms with Crippen molar-refractivity contribution in [1.82, 2.24) is 0 Å². The van der Waals surface area contributed by atoms with E-state index in [1.54, 1.807) is 0 Å². The highest BCUT2D eigenvalue weighted by atomic mass is 15.1. The number of allylic oxidation sites excluding steroid dienone is 1. The number of fused-ring (bicyclic) bond motifs is 1. The first-order valence-corrected chi connectivity index (χ1v) is 7.34. The summed E-state index contributed by atoms with van der Waals surface area (Å²) in [6.07, 6.45) is 4.06. The molecule has 1 heteroatoms. The van der Waals surface area contributed by atoms with Gasteiger partial charge in [-0.1, -0.05) is 54.3 Å². The van der Waals surface area contributed by atoms with Gasteiger partial charge in [0.25, 0.3) is 0 Å². The van der Waals surface area contributed by atoms with Gasteiger partial charge in [-0.3, -0.25) is 0 Å². The summed E-state index contributed by atoms with van der Waals surface area (Å²) in [6.45, 7) is 7.22. The average Bonchev–Trinajstić information content (AvgIpc) is 2.45. The van der Waals surface area contributed by atoms with Crippen LogP contribution in [0.4, 0.5) is 5.69 Å². The van der Waals surface area contributed by atoms with Crippen LogP contribution in [-0.2, 0) is 0 Å². The molecule has 0 bridgehead atoms. The SMILES string of the molecule is CN(C/C=C\C#CC(C)(C)C)c1cccc2ccccc12. The molecule has 0 fully saturated rings. The fourth-order valence-corrected chi connectivity index (χ4v) is 2.17. The van der Waals surface area contributed by atoms with Crippen LogP contribution in [0.25, 0.3) is 10.8 Å². The van der Waals surface area contributed by atoms with Crippen LogP contribution in [0.5, 0.6) is 0 Å². The number of anilines is 1. The third kappa shape index (κ3) is 4.39. The van der Waals surface area contributed by atoms with E-state index in [-0.39, 0.29) is 5.41 Å². The van der Waals surface area contributed by atoms with Gasteiger partial charge in [-0.05, 0) is 38.3 Å². The van der Waals surface area contributed by atoms with Crippen molar-refractivity contribution in [3.05, 3.63) is 54.6 Å². The Bertz CT molecular complexity index is 688. The first-order valence-electron chi connectivity index (χ1n) is 7.34. The van der Waals surface area contributed by atoms with Crippen LogP contribution < -0.4 is 4.90 Å². The molecule has 0 radical (unpaired) electrons. The fourth-order valence-electron chi connectivity index (χ4n) is 2.17. The van der Waals surface area contributed by atoms with Gasteiger partial charge >= 0.3 is 0 Å². The van der Waals surface area contributed by atoms with E-state index in [1.807, 2.05) is 6.08 Å². The molecule has 0 atom stereocenters. The minimum atomic E-state index is 0.0614. The molecule has 21 heavy (non-hydrogen) atoms. The number of benzene rings is 2. The number of likely N-dealkylation sites (N-methyl/N-ethyl adjacent to an activating group) is 1. The summed E-state index contributed by atoms with van der Waals surface area (Å²) in [5.41, 5.74) is 1.31. The average molecular weight is 277 g/mol. The quantitative estimate of drug-likeness (QED) is 0.723. The number of nitrogens with zero attached hydrogens (tertiary/aromatic N) is 1. The molecule has 2 aromatic rings. The Balaban J connectivity index is 2.11. The van der Waals surface area contributed by atoms with E-state index in [0.29, 0.717) is 0 Å². The highest BCUT2D eigenvalue weighted by Crippen LogP contribution is 2.25. The van der Waals surface area contributed by atoms with E-state index in [9.17, 15) is 0 Å². The number of hydrogen-bond acceptors (Lipinski definition) is 1. The molecule has 0 amide bonds. The Morgan fingerprint density at radius 1 is 1.05 bits per heavy atom. The maximum absolute atomic E-state index is 3.21. The minimum Gasteiger partial charge on any atom is -0.370 e. The predicted molar refractivity (Wildman–Crippen MR) is 93.6 cm³/mol. The molecule has 108 valence electrons. The van der Waals surface area contributed by atoms with Gasteiger partial charge in [-0.25, -0.2) is 0 Å². The standard InChI is InChI=1S/C20H23N/c1-20(2,3)15-8-5-9-16-21(4)19-14-10-12-17-11-6-7-13-18(17)19/h5-7,9-14H,16H2,1-4H3/b9-5-. The molecule has 2 aromatic carbocycles. The summed E-state index contributed by atoms with van der Waals surface area (Å²) >= 11 is 0. The van der Waals surface area contributed by atoms with E-state index in [1.165, 1.54) is 16.5 Å². The van der Waals surface area contributed by atoms with E-state index in [4.69, 9.17) is 0 Å². The van der Waals surface area contributed by atoms with E-state index in [0.717, 1.165) is 6.54 Å². The molecule has 0 heterocycles. The molecule has 0 spiro atoms. The van der Waals surface area contributed by atoms with Gasteiger partial charge in [0.05, 0.1) is 0 Å². The van der Waals surface area contributed by atoms with Crippen LogP contribution >= 0.6 is 0 Å². The number of rotatable bonds is 3. The zero-order chi connectivity index (χ0) is 15.3. The van der Waals surface area contributed by atoms with E-state index < -0.39 is 0 Å². The molecule has 0 N–H and O–H groups in total. The van der Waals surface area contributed by atoms with E-state index >= 15 is 0 Å². The van der Waals surface area contributed by atoms with Crippen LogP contribution in [0.3, 0.4) is 0 Å². The summed E-state index contributed by atoms with van der Waals surface area (Å²) in [6, 6.07) is 14.9. The van der Waals surface area contributed by atoms with Gasteiger partial charge < -0.3 is 4.90 Å². The molecular formula is C20H23N. The largest absolute Gasteiger partial charge is 0.370 e. The van der Waals surface area contributed by atoms with Gasteiger partial charge in [-0.2, -0.15) is 0 Å². The van der Waals surface area contributed by atoms with Crippen molar-refractivity contribution in [1.29, 1.82) is 0 Å². The fraction of sp³-hybridized carbons (Fsp3) is 0.300. The third-order valence-electron chi connectivity index (χ3n) is 3.21. The monoisotopic (exact) mass is 277 g/mol. The molecule has 2 rings (SSSR count). The van der Waals surface area contributed by atoms with Crippen molar-refractivity contribution in [2.24, 2.45) is 5.41 Å². The Morgan fingerprint density at radius 2 is 1.76 bits per heavy atom. The van der Waals surface area contributed by atoms with Gasteiger partial charge in [0.15, 0.2) is 0 Å². The lowest BCUT2D eigenvalue weighted by atomic mass is 9.98. The zero-order valence-electron chi connectivity index (χ0n) is 13.4. The highest BCUT2D eigenvalue weighted by molar-refractivity contribution is 5.94. The van der Waals surface area contributed by atoms with Crippen LogP contribution in [0, 0.1) is 17.3 Å². The third-order valence-corrected chi connectivity index (χ3v) is 3.21. The molecular weight excluding hydrogens is 254 g/mol. The molecule has 0 aromatic heterocycles. The predicted octanol–water partition coefficient (Wildman–Crippen LogP) is 4.88. The summed E-state index contributed by atoms with van der Waals surface area (Å²) in [4.78, 5) is 2.25. The smallest absolute Gasteiger partial charge is 0.0446 e. The minimum absolute atomic E-state index is 0.0614. The Labute approximate surface area is 128 Å². The van der Waals surface area contributed by atoms with Crippen LogP contribution in [-0.4, -0.2) is 13.6 Å². The maximum Gasteiger partial charge on any atom is 0.0446 e. The normalized spacial score (nSPS) is 11.4. The lowest BCUT2D eigenvalue weighted by molar-refractivity contribution is 0.571. The van der Waals surface area contributed by atoms with Crippen molar-refractivity contribution >= 4 is 16.5 Å². The Kier molecular flexibility index (Phi) is 4.70. The first-order chi connectivity index (χ1) is 9.97. The Morgan fingerprint density at radius 3 is 2.52 bits per heavy atom. The topological polar surface area (TPSA) is 3.24 Å². The van der Waals surface area contributed by atoms with Gasteiger partial charge in [0.1, 0.15) is 0 Å². The molecule has 0 aliphatic rings.